The number of carboxylic acid groups (broad SMARTS) is 2. The highest BCUT2D eigenvalue weighted by molar-refractivity contribution is 5.76. The van der Waals surface area contributed by atoms with Gasteiger partial charge in [-0.25, -0.2) is 0 Å². The van der Waals surface area contributed by atoms with Gasteiger partial charge >= 0.3 is 11.9 Å². The maximum Gasteiger partial charge on any atom is 0.311 e. The van der Waals surface area contributed by atoms with Crippen molar-refractivity contribution in [2.75, 3.05) is 26.2 Å². The van der Waals surface area contributed by atoms with Crippen molar-refractivity contribution < 1.29 is 19.8 Å². The summed E-state index contributed by atoms with van der Waals surface area (Å²) < 4.78 is 0. The van der Waals surface area contributed by atoms with Crippen molar-refractivity contribution in [3.05, 3.63) is 71.8 Å². The standard InChI is InChI=1S/C16H23NO2.C15H21NO2/c1-13(2)17-10-6-9-16(12-17,15(18)19)11-14-7-4-3-5-8-14;1-12(2)16-9-8-15(11-16,14(17)18)10-13-6-4-3-5-7-13/h3-5,7-8,13H,6,9-12H2,1-2H3,(H,18,19);3-7,12H,8-11H2,1-2H3,(H,17,18). The van der Waals surface area contributed by atoms with E-state index in [0.717, 1.165) is 43.5 Å². The lowest BCUT2D eigenvalue weighted by atomic mass is 9.75. The summed E-state index contributed by atoms with van der Waals surface area (Å²) in [5.41, 5.74) is 1.01. The van der Waals surface area contributed by atoms with Crippen molar-refractivity contribution >= 4 is 11.9 Å². The smallest absolute Gasteiger partial charge is 0.311 e. The van der Waals surface area contributed by atoms with E-state index in [9.17, 15) is 19.8 Å². The third-order valence-corrected chi connectivity index (χ3v) is 8.13. The van der Waals surface area contributed by atoms with Gasteiger partial charge in [-0.1, -0.05) is 60.7 Å². The van der Waals surface area contributed by atoms with Crippen LogP contribution in [0.2, 0.25) is 0 Å². The molecule has 2 aliphatic heterocycles. The lowest BCUT2D eigenvalue weighted by molar-refractivity contribution is -0.153. The SMILES string of the molecule is CC(C)N1CCC(Cc2ccccc2)(C(=O)O)C1.CC(C)N1CCCC(Cc2ccccc2)(C(=O)O)C1. The van der Waals surface area contributed by atoms with E-state index < -0.39 is 22.8 Å². The molecular formula is C31H44N2O4. The van der Waals surface area contributed by atoms with Gasteiger partial charge in [-0.05, 0) is 84.0 Å². The second-order valence-corrected chi connectivity index (χ2v) is 11.5. The molecule has 6 nitrogen and oxygen atoms in total. The Labute approximate surface area is 222 Å². The third kappa shape index (κ3) is 7.42. The fraction of sp³-hybridized carbons (Fsp3) is 0.548. The third-order valence-electron chi connectivity index (χ3n) is 8.13. The van der Waals surface area contributed by atoms with E-state index in [2.05, 4.69) is 37.5 Å². The molecule has 2 aromatic rings. The van der Waals surface area contributed by atoms with E-state index in [1.165, 1.54) is 0 Å². The lowest BCUT2D eigenvalue weighted by Crippen LogP contribution is -2.51. The number of benzene rings is 2. The van der Waals surface area contributed by atoms with Crippen LogP contribution in [0.4, 0.5) is 0 Å². The molecule has 2 unspecified atom stereocenters. The zero-order valence-corrected chi connectivity index (χ0v) is 22.9. The van der Waals surface area contributed by atoms with Crippen molar-refractivity contribution in [2.24, 2.45) is 10.8 Å². The van der Waals surface area contributed by atoms with Crippen LogP contribution in [0.5, 0.6) is 0 Å². The fourth-order valence-corrected chi connectivity index (χ4v) is 5.72. The number of carboxylic acids is 2. The van der Waals surface area contributed by atoms with Gasteiger partial charge in [0.1, 0.15) is 0 Å². The Kier molecular flexibility index (Phi) is 9.91. The molecule has 0 saturated carbocycles. The van der Waals surface area contributed by atoms with Gasteiger partial charge in [0.05, 0.1) is 10.8 Å². The molecule has 0 aromatic heterocycles. The number of hydrogen-bond acceptors (Lipinski definition) is 4. The Morgan fingerprint density at radius 2 is 1.11 bits per heavy atom. The second kappa shape index (κ2) is 12.7. The molecule has 2 saturated heterocycles. The number of nitrogens with zero attached hydrogens (tertiary/aromatic N) is 2. The normalized spacial score (nSPS) is 24.6. The zero-order valence-electron chi connectivity index (χ0n) is 22.9. The highest BCUT2D eigenvalue weighted by Crippen LogP contribution is 2.36. The maximum atomic E-state index is 11.8. The number of likely N-dealkylation sites (tertiary alicyclic amines) is 2. The molecule has 6 heteroatoms. The van der Waals surface area contributed by atoms with Crippen molar-refractivity contribution in [3.8, 4) is 0 Å². The average molecular weight is 509 g/mol. The fourth-order valence-electron chi connectivity index (χ4n) is 5.72. The first kappa shape index (κ1) is 28.9. The molecule has 0 amide bonds. The van der Waals surface area contributed by atoms with Crippen molar-refractivity contribution in [2.45, 2.75) is 71.9 Å². The summed E-state index contributed by atoms with van der Waals surface area (Å²) in [5, 5.41) is 19.3. The van der Waals surface area contributed by atoms with Crippen molar-refractivity contribution in [3.63, 3.8) is 0 Å². The van der Waals surface area contributed by atoms with Crippen LogP contribution in [0.1, 0.15) is 58.1 Å². The van der Waals surface area contributed by atoms with Crippen molar-refractivity contribution in [1.29, 1.82) is 0 Å². The summed E-state index contributed by atoms with van der Waals surface area (Å²) >= 11 is 0. The molecule has 0 spiro atoms. The van der Waals surface area contributed by atoms with Gasteiger partial charge in [-0.2, -0.15) is 0 Å². The van der Waals surface area contributed by atoms with Crippen LogP contribution < -0.4 is 0 Å². The molecule has 2 heterocycles. The molecule has 4 rings (SSSR count). The topological polar surface area (TPSA) is 81.1 Å². The van der Waals surface area contributed by atoms with E-state index >= 15 is 0 Å². The molecule has 2 atom stereocenters. The number of hydrogen-bond donors (Lipinski definition) is 2. The van der Waals surface area contributed by atoms with Gasteiger partial charge in [-0.3, -0.25) is 19.4 Å². The largest absolute Gasteiger partial charge is 0.481 e. The Bertz CT molecular complexity index is 1010. The quantitative estimate of drug-likeness (QED) is 0.509. The van der Waals surface area contributed by atoms with Gasteiger partial charge < -0.3 is 10.2 Å². The van der Waals surface area contributed by atoms with E-state index in [1.54, 1.807) is 0 Å². The number of aliphatic carboxylic acids is 2. The van der Waals surface area contributed by atoms with Crippen LogP contribution in [-0.4, -0.2) is 70.2 Å². The van der Waals surface area contributed by atoms with Crippen LogP contribution in [0, 0.1) is 10.8 Å². The van der Waals surface area contributed by atoms with E-state index in [-0.39, 0.29) is 0 Å². The van der Waals surface area contributed by atoms with Crippen LogP contribution in [0.3, 0.4) is 0 Å². The molecule has 2 aromatic carbocycles. The lowest BCUT2D eigenvalue weighted by Gasteiger charge is -2.42. The summed E-state index contributed by atoms with van der Waals surface area (Å²) in [7, 11) is 0. The number of piperidine rings is 1. The maximum absolute atomic E-state index is 11.8. The highest BCUT2D eigenvalue weighted by Gasteiger charge is 2.45. The van der Waals surface area contributed by atoms with Crippen LogP contribution >= 0.6 is 0 Å². The minimum atomic E-state index is -0.658. The number of carbonyl (C=O) groups is 2. The minimum absolute atomic E-state index is 0.412. The van der Waals surface area contributed by atoms with E-state index in [1.807, 2.05) is 60.7 Å². The predicted molar refractivity (Wildman–Crippen MR) is 148 cm³/mol. The highest BCUT2D eigenvalue weighted by atomic mass is 16.4. The summed E-state index contributed by atoms with van der Waals surface area (Å²) in [6.45, 7) is 11.8. The first-order chi connectivity index (χ1) is 17.6. The van der Waals surface area contributed by atoms with Crippen molar-refractivity contribution in [1.82, 2.24) is 9.80 Å². The summed E-state index contributed by atoms with van der Waals surface area (Å²) in [5.74, 6) is -1.31. The van der Waals surface area contributed by atoms with Crippen LogP contribution in [0.15, 0.2) is 60.7 Å². The Morgan fingerprint density at radius 3 is 1.49 bits per heavy atom. The predicted octanol–water partition coefficient (Wildman–Crippen LogP) is 5.22. The molecule has 0 bridgehead atoms. The van der Waals surface area contributed by atoms with Gasteiger partial charge in [0.25, 0.3) is 0 Å². The van der Waals surface area contributed by atoms with Crippen LogP contribution in [-0.2, 0) is 22.4 Å². The van der Waals surface area contributed by atoms with Gasteiger partial charge in [0.15, 0.2) is 0 Å². The molecular weight excluding hydrogens is 464 g/mol. The monoisotopic (exact) mass is 508 g/mol. The average Bonchev–Trinajstić information content (AvgIpc) is 3.32. The van der Waals surface area contributed by atoms with Gasteiger partial charge in [0, 0.05) is 25.2 Å². The Morgan fingerprint density at radius 1 is 0.703 bits per heavy atom. The minimum Gasteiger partial charge on any atom is -0.481 e. The molecule has 37 heavy (non-hydrogen) atoms. The summed E-state index contributed by atoms with van der Waals surface area (Å²) in [6.07, 6.45) is 3.76. The molecule has 2 N–H and O–H groups in total. The second-order valence-electron chi connectivity index (χ2n) is 11.5. The van der Waals surface area contributed by atoms with Crippen LogP contribution in [0.25, 0.3) is 0 Å². The zero-order chi connectivity index (χ0) is 27.1. The Balaban J connectivity index is 0.000000206. The molecule has 2 aliphatic rings. The Hall–Kier alpha value is -2.70. The molecule has 0 radical (unpaired) electrons. The van der Waals surface area contributed by atoms with Gasteiger partial charge in [-0.15, -0.1) is 0 Å². The molecule has 202 valence electrons. The summed E-state index contributed by atoms with van der Waals surface area (Å²) in [6, 6.07) is 20.8. The molecule has 2 fully saturated rings. The summed E-state index contributed by atoms with van der Waals surface area (Å²) in [4.78, 5) is 28.0. The first-order valence-corrected chi connectivity index (χ1v) is 13.6. The van der Waals surface area contributed by atoms with Gasteiger partial charge in [0.2, 0.25) is 0 Å². The first-order valence-electron chi connectivity index (χ1n) is 13.6. The van der Waals surface area contributed by atoms with E-state index in [0.29, 0.717) is 38.0 Å². The molecule has 0 aliphatic carbocycles. The number of rotatable bonds is 8. The van der Waals surface area contributed by atoms with E-state index in [4.69, 9.17) is 0 Å².